The van der Waals surface area contributed by atoms with Gasteiger partial charge in [0.05, 0.1) is 22.5 Å². The van der Waals surface area contributed by atoms with Crippen molar-refractivity contribution >= 4 is 5.91 Å². The fourth-order valence-electron chi connectivity index (χ4n) is 3.40. The second-order valence-corrected chi connectivity index (χ2v) is 6.49. The molecular weight excluding hydrogens is 330 g/mol. The molecule has 0 spiro atoms. The van der Waals surface area contributed by atoms with E-state index in [2.05, 4.69) is 20.1 Å². The van der Waals surface area contributed by atoms with Crippen molar-refractivity contribution in [3.8, 4) is 11.3 Å². The van der Waals surface area contributed by atoms with Crippen LogP contribution < -0.4 is 0 Å². The van der Waals surface area contributed by atoms with Crippen LogP contribution >= 0.6 is 0 Å². The highest BCUT2D eigenvalue weighted by Gasteiger charge is 2.28. The lowest BCUT2D eigenvalue weighted by molar-refractivity contribution is 0.0705. The Morgan fingerprint density at radius 2 is 2.23 bits per heavy atom. The molecule has 0 bridgehead atoms. The number of piperidine rings is 1. The van der Waals surface area contributed by atoms with Crippen LogP contribution in [0.4, 0.5) is 0 Å². The van der Waals surface area contributed by atoms with Crippen molar-refractivity contribution in [3.05, 3.63) is 60.1 Å². The number of hydrogen-bond acceptors (Lipinski definition) is 6. The maximum atomic E-state index is 12.8. The highest BCUT2D eigenvalue weighted by atomic mass is 16.5. The van der Waals surface area contributed by atoms with Crippen molar-refractivity contribution in [2.45, 2.75) is 25.7 Å². The molecule has 1 aliphatic heterocycles. The van der Waals surface area contributed by atoms with E-state index in [-0.39, 0.29) is 11.8 Å². The minimum Gasteiger partial charge on any atom is -0.356 e. The molecule has 7 nitrogen and oxygen atoms in total. The Morgan fingerprint density at radius 3 is 3.00 bits per heavy atom. The number of carbonyl (C=O) groups is 1. The molecule has 1 aliphatic rings. The summed E-state index contributed by atoms with van der Waals surface area (Å²) >= 11 is 0. The normalized spacial score (nSPS) is 17.3. The van der Waals surface area contributed by atoms with Crippen LogP contribution in [-0.4, -0.2) is 44.0 Å². The van der Waals surface area contributed by atoms with Gasteiger partial charge in [0.2, 0.25) is 0 Å². The molecule has 1 unspecified atom stereocenters. The molecular formula is C19H19N5O2. The van der Waals surface area contributed by atoms with E-state index in [0.717, 1.165) is 36.3 Å². The van der Waals surface area contributed by atoms with Crippen molar-refractivity contribution < 1.29 is 9.32 Å². The van der Waals surface area contributed by atoms with Crippen molar-refractivity contribution in [2.75, 3.05) is 13.1 Å². The third kappa shape index (κ3) is 3.20. The zero-order valence-corrected chi connectivity index (χ0v) is 14.5. The summed E-state index contributed by atoms with van der Waals surface area (Å²) in [5.74, 6) is 0.801. The Kier molecular flexibility index (Phi) is 4.43. The van der Waals surface area contributed by atoms with Gasteiger partial charge in [-0.1, -0.05) is 5.16 Å². The molecule has 7 heteroatoms. The van der Waals surface area contributed by atoms with Gasteiger partial charge in [0.15, 0.2) is 5.76 Å². The predicted octanol–water partition coefficient (Wildman–Crippen LogP) is 2.85. The van der Waals surface area contributed by atoms with Crippen molar-refractivity contribution in [3.63, 3.8) is 0 Å². The molecule has 132 valence electrons. The third-order valence-corrected chi connectivity index (χ3v) is 4.64. The SMILES string of the molecule is Cc1cc(-c2cncnc2C2CCCN(C(=O)c3cccnc3)C2)on1. The molecule has 0 N–H and O–H groups in total. The first-order valence-corrected chi connectivity index (χ1v) is 8.65. The summed E-state index contributed by atoms with van der Waals surface area (Å²) < 4.78 is 5.41. The van der Waals surface area contributed by atoms with Gasteiger partial charge >= 0.3 is 0 Å². The third-order valence-electron chi connectivity index (χ3n) is 4.64. The summed E-state index contributed by atoms with van der Waals surface area (Å²) in [7, 11) is 0. The van der Waals surface area contributed by atoms with Crippen LogP contribution in [0.2, 0.25) is 0 Å². The van der Waals surface area contributed by atoms with Gasteiger partial charge in [-0.2, -0.15) is 0 Å². The Balaban J connectivity index is 1.60. The van der Waals surface area contributed by atoms with Crippen molar-refractivity contribution in [1.82, 2.24) is 25.0 Å². The summed E-state index contributed by atoms with van der Waals surface area (Å²) in [6.07, 6.45) is 8.47. The number of likely N-dealkylation sites (tertiary alicyclic amines) is 1. The number of rotatable bonds is 3. The fourth-order valence-corrected chi connectivity index (χ4v) is 3.40. The minimum atomic E-state index is 0.00826. The lowest BCUT2D eigenvalue weighted by Crippen LogP contribution is -2.39. The number of aromatic nitrogens is 4. The number of hydrogen-bond donors (Lipinski definition) is 0. The van der Waals surface area contributed by atoms with Gasteiger partial charge in [-0.3, -0.25) is 9.78 Å². The van der Waals surface area contributed by atoms with Crippen molar-refractivity contribution in [1.29, 1.82) is 0 Å². The van der Waals surface area contributed by atoms with E-state index in [1.807, 2.05) is 17.9 Å². The summed E-state index contributed by atoms with van der Waals surface area (Å²) in [6, 6.07) is 5.46. The van der Waals surface area contributed by atoms with Crippen LogP contribution in [0.3, 0.4) is 0 Å². The van der Waals surface area contributed by atoms with Gasteiger partial charge in [0.25, 0.3) is 5.91 Å². The highest BCUT2D eigenvalue weighted by molar-refractivity contribution is 5.94. The molecule has 26 heavy (non-hydrogen) atoms. The molecule has 1 amide bonds. The molecule has 4 heterocycles. The molecule has 1 saturated heterocycles. The first-order valence-electron chi connectivity index (χ1n) is 8.65. The number of amides is 1. The minimum absolute atomic E-state index is 0.00826. The van der Waals surface area contributed by atoms with E-state index < -0.39 is 0 Å². The summed E-state index contributed by atoms with van der Waals surface area (Å²) in [6.45, 7) is 3.24. The average molecular weight is 349 g/mol. The lowest BCUT2D eigenvalue weighted by Gasteiger charge is -2.33. The summed E-state index contributed by atoms with van der Waals surface area (Å²) in [5.41, 5.74) is 3.17. The first-order chi connectivity index (χ1) is 12.7. The predicted molar refractivity (Wildman–Crippen MR) is 94.4 cm³/mol. The van der Waals surface area contributed by atoms with Crippen LogP contribution in [0.1, 0.15) is 40.5 Å². The lowest BCUT2D eigenvalue weighted by atomic mass is 9.91. The van der Waals surface area contributed by atoms with Crippen LogP contribution in [0.15, 0.2) is 47.6 Å². The molecule has 3 aromatic rings. The Hall–Kier alpha value is -3.09. The zero-order chi connectivity index (χ0) is 17.9. The van der Waals surface area contributed by atoms with Gasteiger partial charge in [-0.25, -0.2) is 9.97 Å². The van der Waals surface area contributed by atoms with Crippen LogP contribution in [-0.2, 0) is 0 Å². The number of pyridine rings is 1. The fraction of sp³-hybridized carbons (Fsp3) is 0.316. The Bertz CT molecular complexity index is 909. The number of carbonyl (C=O) groups excluding carboxylic acids is 1. The van der Waals surface area contributed by atoms with E-state index >= 15 is 0 Å². The van der Waals surface area contributed by atoms with Crippen LogP contribution in [0, 0.1) is 6.92 Å². The highest BCUT2D eigenvalue weighted by Crippen LogP contribution is 2.33. The molecule has 0 saturated carbocycles. The summed E-state index contributed by atoms with van der Waals surface area (Å²) in [4.78, 5) is 27.3. The van der Waals surface area contributed by atoms with E-state index in [4.69, 9.17) is 4.52 Å². The van der Waals surface area contributed by atoms with Crippen molar-refractivity contribution in [2.24, 2.45) is 0 Å². The van der Waals surface area contributed by atoms with Crippen LogP contribution in [0.25, 0.3) is 11.3 Å². The average Bonchev–Trinajstić information content (AvgIpc) is 3.14. The molecule has 1 atom stereocenters. The zero-order valence-electron chi connectivity index (χ0n) is 14.5. The standard InChI is InChI=1S/C19H19N5O2/c1-13-8-17(26-23-13)16-10-21-12-22-18(16)15-5-3-7-24(11-15)19(25)14-4-2-6-20-9-14/h2,4,6,8-10,12,15H,3,5,7,11H2,1H3. The van der Waals surface area contributed by atoms with Gasteiger partial charge in [-0.15, -0.1) is 0 Å². The van der Waals surface area contributed by atoms with Gasteiger partial charge < -0.3 is 9.42 Å². The topological polar surface area (TPSA) is 85.0 Å². The van der Waals surface area contributed by atoms with Crippen LogP contribution in [0.5, 0.6) is 0 Å². The Morgan fingerprint density at radius 1 is 1.31 bits per heavy atom. The van der Waals surface area contributed by atoms with Gasteiger partial charge in [0, 0.05) is 43.7 Å². The Labute approximate surface area is 151 Å². The molecule has 1 fully saturated rings. The first kappa shape index (κ1) is 16.4. The van der Waals surface area contributed by atoms with E-state index in [1.54, 1.807) is 37.1 Å². The molecule has 3 aromatic heterocycles. The second-order valence-electron chi connectivity index (χ2n) is 6.49. The maximum absolute atomic E-state index is 12.8. The molecule has 0 radical (unpaired) electrons. The van der Waals surface area contributed by atoms with Gasteiger partial charge in [0.1, 0.15) is 6.33 Å². The smallest absolute Gasteiger partial charge is 0.255 e. The van der Waals surface area contributed by atoms with Gasteiger partial charge in [-0.05, 0) is 31.9 Å². The monoisotopic (exact) mass is 349 g/mol. The summed E-state index contributed by atoms with van der Waals surface area (Å²) in [5, 5.41) is 3.96. The molecule has 0 aliphatic carbocycles. The largest absolute Gasteiger partial charge is 0.356 e. The van der Waals surface area contributed by atoms with E-state index in [9.17, 15) is 4.79 Å². The molecule has 4 rings (SSSR count). The molecule has 0 aromatic carbocycles. The van der Waals surface area contributed by atoms with E-state index in [1.165, 1.54) is 0 Å². The second kappa shape index (κ2) is 7.03. The maximum Gasteiger partial charge on any atom is 0.255 e. The number of aryl methyl sites for hydroxylation is 1. The number of nitrogens with zero attached hydrogens (tertiary/aromatic N) is 5. The quantitative estimate of drug-likeness (QED) is 0.723. The van der Waals surface area contributed by atoms with E-state index in [0.29, 0.717) is 17.9 Å².